The minimum atomic E-state index is -0.223. The Labute approximate surface area is 219 Å². The second kappa shape index (κ2) is 9.70. The molecule has 0 radical (unpaired) electrons. The number of nitrogens with zero attached hydrogens (tertiary/aromatic N) is 6. The van der Waals surface area contributed by atoms with Gasteiger partial charge in [-0.25, -0.2) is 19.4 Å². The highest BCUT2D eigenvalue weighted by Gasteiger charge is 2.26. The molecule has 0 saturated carbocycles. The highest BCUT2D eigenvalue weighted by atomic mass is 16.5. The van der Waals surface area contributed by atoms with E-state index < -0.39 is 0 Å². The summed E-state index contributed by atoms with van der Waals surface area (Å²) in [6.07, 6.45) is 3.96. The molecule has 2 aromatic carbocycles. The summed E-state index contributed by atoms with van der Waals surface area (Å²) in [7, 11) is 0. The van der Waals surface area contributed by atoms with E-state index in [4.69, 9.17) is 19.8 Å². The number of H-pyrrole nitrogens is 2. The summed E-state index contributed by atoms with van der Waals surface area (Å²) in [6, 6.07) is 16.7. The number of fused-ring (bicyclic) bond motifs is 2. The Morgan fingerprint density at radius 2 is 1.71 bits per heavy atom. The van der Waals surface area contributed by atoms with E-state index in [9.17, 15) is 4.79 Å². The number of aromatic amines is 2. The van der Waals surface area contributed by atoms with Gasteiger partial charge < -0.3 is 19.6 Å². The number of aromatic nitrogens is 6. The van der Waals surface area contributed by atoms with Crippen molar-refractivity contribution in [3.05, 3.63) is 70.8 Å². The number of imidazole rings is 1. The van der Waals surface area contributed by atoms with Crippen molar-refractivity contribution in [2.75, 3.05) is 44.3 Å². The highest BCUT2D eigenvalue weighted by molar-refractivity contribution is 5.89. The van der Waals surface area contributed by atoms with Gasteiger partial charge >= 0.3 is 5.69 Å². The Kier molecular flexibility index (Phi) is 5.90. The number of benzene rings is 2. The Bertz CT molecular complexity index is 1630. The zero-order valence-corrected chi connectivity index (χ0v) is 21.1. The molecule has 3 aromatic heterocycles. The lowest BCUT2D eigenvalue weighted by atomic mass is 10.0. The zero-order valence-electron chi connectivity index (χ0n) is 21.1. The SMILES string of the molecule is O=c1[nH]c2ccc(-c3nc(N4CCOCC4)c4cnn(C5CCN(Cc6ccccc6)CC5)c4n3)cc2[nH]1. The molecule has 2 fully saturated rings. The van der Waals surface area contributed by atoms with Gasteiger partial charge in [0.05, 0.1) is 41.9 Å². The molecule has 10 heteroatoms. The number of piperidine rings is 1. The zero-order chi connectivity index (χ0) is 25.5. The predicted molar refractivity (Wildman–Crippen MR) is 146 cm³/mol. The molecule has 38 heavy (non-hydrogen) atoms. The van der Waals surface area contributed by atoms with E-state index in [0.29, 0.717) is 19.0 Å². The molecule has 10 nitrogen and oxygen atoms in total. The fraction of sp³-hybridized carbons (Fsp3) is 0.357. The van der Waals surface area contributed by atoms with Crippen LogP contribution in [-0.2, 0) is 11.3 Å². The second-order valence-corrected chi connectivity index (χ2v) is 10.1. The first-order valence-electron chi connectivity index (χ1n) is 13.3. The van der Waals surface area contributed by atoms with Gasteiger partial charge in [0.2, 0.25) is 0 Å². The summed E-state index contributed by atoms with van der Waals surface area (Å²) < 4.78 is 7.72. The molecule has 5 heterocycles. The van der Waals surface area contributed by atoms with Crippen molar-refractivity contribution in [3.63, 3.8) is 0 Å². The lowest BCUT2D eigenvalue weighted by Crippen LogP contribution is -2.37. The number of morpholine rings is 1. The maximum Gasteiger partial charge on any atom is 0.323 e. The summed E-state index contributed by atoms with van der Waals surface area (Å²) in [5, 5.41) is 5.83. The molecule has 0 atom stereocenters. The molecule has 2 saturated heterocycles. The van der Waals surface area contributed by atoms with Gasteiger partial charge in [0, 0.05) is 38.3 Å². The molecule has 2 aliphatic rings. The monoisotopic (exact) mass is 510 g/mol. The van der Waals surface area contributed by atoms with Crippen LogP contribution in [0.1, 0.15) is 24.4 Å². The van der Waals surface area contributed by atoms with E-state index in [1.54, 1.807) is 0 Å². The van der Waals surface area contributed by atoms with Crippen LogP contribution >= 0.6 is 0 Å². The average Bonchev–Trinajstić information content (AvgIpc) is 3.56. The summed E-state index contributed by atoms with van der Waals surface area (Å²) in [5.41, 5.74) is 4.35. The Hall–Kier alpha value is -4.02. The summed E-state index contributed by atoms with van der Waals surface area (Å²) >= 11 is 0. The Morgan fingerprint density at radius 1 is 0.921 bits per heavy atom. The number of rotatable bonds is 5. The Balaban J connectivity index is 1.23. The van der Waals surface area contributed by atoms with Crippen molar-refractivity contribution >= 4 is 27.9 Å². The maximum atomic E-state index is 11.8. The van der Waals surface area contributed by atoms with Crippen molar-refractivity contribution in [1.82, 2.24) is 34.6 Å². The van der Waals surface area contributed by atoms with Gasteiger partial charge in [-0.2, -0.15) is 5.10 Å². The first-order valence-corrected chi connectivity index (χ1v) is 13.3. The molecular formula is C28H30N8O2. The third-order valence-electron chi connectivity index (χ3n) is 7.67. The smallest absolute Gasteiger partial charge is 0.323 e. The van der Waals surface area contributed by atoms with Gasteiger partial charge in [-0.3, -0.25) is 4.90 Å². The van der Waals surface area contributed by atoms with E-state index in [2.05, 4.69) is 54.8 Å². The van der Waals surface area contributed by atoms with E-state index >= 15 is 0 Å². The highest BCUT2D eigenvalue weighted by Crippen LogP contribution is 2.32. The van der Waals surface area contributed by atoms with Gasteiger partial charge in [-0.05, 0) is 36.6 Å². The Morgan fingerprint density at radius 3 is 2.53 bits per heavy atom. The van der Waals surface area contributed by atoms with Crippen LogP contribution in [-0.4, -0.2) is 74.0 Å². The molecule has 7 rings (SSSR count). The summed E-state index contributed by atoms with van der Waals surface area (Å²) in [4.78, 5) is 32.3. The fourth-order valence-electron chi connectivity index (χ4n) is 5.66. The molecule has 194 valence electrons. The van der Waals surface area contributed by atoms with Gasteiger partial charge in [0.15, 0.2) is 11.5 Å². The number of nitrogens with one attached hydrogen (secondary N) is 2. The summed E-state index contributed by atoms with van der Waals surface area (Å²) in [5.74, 6) is 1.52. The van der Waals surface area contributed by atoms with Gasteiger partial charge in [-0.15, -0.1) is 0 Å². The quantitative estimate of drug-likeness (QED) is 0.373. The number of anilines is 1. The van der Waals surface area contributed by atoms with E-state index in [-0.39, 0.29) is 11.7 Å². The first kappa shape index (κ1) is 23.1. The number of ether oxygens (including phenoxy) is 1. The third-order valence-corrected chi connectivity index (χ3v) is 7.67. The topological polar surface area (TPSA) is 108 Å². The standard InChI is InChI=1S/C28H30N8O2/c37-28-30-23-7-6-20(16-24(23)31-28)25-32-26(35-12-14-38-15-13-35)22-17-29-36(27(22)33-25)21-8-10-34(11-9-21)18-19-4-2-1-3-5-19/h1-7,16-17,21H,8-15,18H2,(H2,30,31,37). The molecule has 5 aromatic rings. The van der Waals surface area contributed by atoms with E-state index in [1.807, 2.05) is 24.4 Å². The minimum Gasteiger partial charge on any atom is -0.378 e. The van der Waals surface area contributed by atoms with Crippen molar-refractivity contribution in [1.29, 1.82) is 0 Å². The molecule has 2 aliphatic heterocycles. The van der Waals surface area contributed by atoms with Crippen LogP contribution < -0.4 is 10.6 Å². The maximum absolute atomic E-state index is 11.8. The molecule has 0 aliphatic carbocycles. The van der Waals surface area contributed by atoms with E-state index in [1.165, 1.54) is 5.56 Å². The lowest BCUT2D eigenvalue weighted by molar-refractivity contribution is 0.122. The fourth-order valence-corrected chi connectivity index (χ4v) is 5.66. The van der Waals surface area contributed by atoms with Crippen LogP contribution in [0.25, 0.3) is 33.5 Å². The van der Waals surface area contributed by atoms with Crippen molar-refractivity contribution in [2.45, 2.75) is 25.4 Å². The van der Waals surface area contributed by atoms with Crippen LogP contribution in [0.4, 0.5) is 5.82 Å². The van der Waals surface area contributed by atoms with Crippen LogP contribution in [0.2, 0.25) is 0 Å². The van der Waals surface area contributed by atoms with Gasteiger partial charge in [0.1, 0.15) is 5.82 Å². The van der Waals surface area contributed by atoms with Gasteiger partial charge in [0.25, 0.3) is 0 Å². The van der Waals surface area contributed by atoms with Crippen LogP contribution in [0, 0.1) is 0 Å². The van der Waals surface area contributed by atoms with Crippen molar-refractivity contribution < 1.29 is 4.74 Å². The number of likely N-dealkylation sites (tertiary alicyclic amines) is 1. The predicted octanol–water partition coefficient (Wildman–Crippen LogP) is 3.34. The molecule has 0 unspecified atom stereocenters. The van der Waals surface area contributed by atoms with Crippen molar-refractivity contribution in [2.24, 2.45) is 0 Å². The van der Waals surface area contributed by atoms with Crippen molar-refractivity contribution in [3.8, 4) is 11.4 Å². The third kappa shape index (κ3) is 4.35. The lowest BCUT2D eigenvalue weighted by Gasteiger charge is -2.32. The summed E-state index contributed by atoms with van der Waals surface area (Å²) in [6.45, 7) is 5.92. The first-order chi connectivity index (χ1) is 18.7. The normalized spacial score (nSPS) is 17.5. The second-order valence-electron chi connectivity index (χ2n) is 10.1. The molecule has 0 amide bonds. The minimum absolute atomic E-state index is 0.223. The number of hydrogen-bond acceptors (Lipinski definition) is 7. The molecule has 0 spiro atoms. The largest absolute Gasteiger partial charge is 0.378 e. The van der Waals surface area contributed by atoms with Crippen LogP contribution in [0.3, 0.4) is 0 Å². The van der Waals surface area contributed by atoms with E-state index in [0.717, 1.165) is 79.0 Å². The number of hydrogen-bond donors (Lipinski definition) is 2. The molecule has 0 bridgehead atoms. The van der Waals surface area contributed by atoms with Crippen LogP contribution in [0.15, 0.2) is 59.5 Å². The van der Waals surface area contributed by atoms with Gasteiger partial charge in [-0.1, -0.05) is 30.3 Å². The average molecular weight is 511 g/mol. The molecule has 2 N–H and O–H groups in total. The molecular weight excluding hydrogens is 480 g/mol. The van der Waals surface area contributed by atoms with Crippen LogP contribution in [0.5, 0.6) is 0 Å².